The van der Waals surface area contributed by atoms with Crippen molar-refractivity contribution in [1.82, 2.24) is 5.43 Å². The standard InChI is InChI=1S/C20H36N2.C7H8O3S/c1-2-4-8-12-16-19(15-11-7-3-1)20-17-13-9-5-6-10-14-18-21-22-20;1-6-2-4-7(5-3-6)11(8,9)10/h15,21H,1-14,16-18H2;2-5H,1H3,(H,8,9,10)/b19-15+,22-20-;. The van der Waals surface area contributed by atoms with Crippen LogP contribution in [-0.4, -0.2) is 25.2 Å². The van der Waals surface area contributed by atoms with Crippen LogP contribution in [0, 0.1) is 6.92 Å². The van der Waals surface area contributed by atoms with Crippen LogP contribution >= 0.6 is 0 Å². The van der Waals surface area contributed by atoms with Crippen molar-refractivity contribution >= 4 is 15.8 Å². The largest absolute Gasteiger partial charge is 0.310 e. The van der Waals surface area contributed by atoms with Crippen molar-refractivity contribution in [3.63, 3.8) is 0 Å². The van der Waals surface area contributed by atoms with Gasteiger partial charge in [0.1, 0.15) is 0 Å². The molecule has 6 heteroatoms. The summed E-state index contributed by atoms with van der Waals surface area (Å²) in [6.07, 6.45) is 24.2. The first kappa shape index (κ1) is 27.6. The van der Waals surface area contributed by atoms with E-state index < -0.39 is 10.1 Å². The van der Waals surface area contributed by atoms with Gasteiger partial charge in [0.15, 0.2) is 0 Å². The summed E-state index contributed by atoms with van der Waals surface area (Å²) in [5.74, 6) is 0. The van der Waals surface area contributed by atoms with Crippen molar-refractivity contribution in [2.24, 2.45) is 5.10 Å². The second kappa shape index (κ2) is 16.0. The Balaban J connectivity index is 0.000000294. The number of hydrogen-bond acceptors (Lipinski definition) is 4. The van der Waals surface area contributed by atoms with Gasteiger partial charge in [-0.25, -0.2) is 0 Å². The number of nitrogens with one attached hydrogen (secondary N) is 1. The van der Waals surface area contributed by atoms with Gasteiger partial charge in [0.05, 0.1) is 10.6 Å². The lowest BCUT2D eigenvalue weighted by Gasteiger charge is -2.12. The van der Waals surface area contributed by atoms with Gasteiger partial charge in [-0.1, -0.05) is 81.6 Å². The van der Waals surface area contributed by atoms with E-state index in [2.05, 4.69) is 11.5 Å². The predicted octanol–water partition coefficient (Wildman–Crippen LogP) is 7.37. The Morgan fingerprint density at radius 2 is 1.30 bits per heavy atom. The van der Waals surface area contributed by atoms with Crippen LogP contribution < -0.4 is 5.43 Å². The lowest BCUT2D eigenvalue weighted by atomic mass is 9.97. The molecule has 2 N–H and O–H groups in total. The molecule has 1 aliphatic heterocycles. The summed E-state index contributed by atoms with van der Waals surface area (Å²) in [7, 11) is -4.02. The Morgan fingerprint density at radius 1 is 0.758 bits per heavy atom. The third-order valence-electron chi connectivity index (χ3n) is 6.40. The predicted molar refractivity (Wildman–Crippen MR) is 138 cm³/mol. The van der Waals surface area contributed by atoms with Crippen molar-refractivity contribution in [3.05, 3.63) is 41.5 Å². The molecule has 0 saturated carbocycles. The van der Waals surface area contributed by atoms with Gasteiger partial charge in [-0.3, -0.25) is 4.55 Å². The van der Waals surface area contributed by atoms with Crippen molar-refractivity contribution in [2.75, 3.05) is 6.54 Å². The SMILES string of the molecule is C1=C(/C2=N\NCCCCCCCC2)CCCCCCCCC/1.Cc1ccc(S(=O)(=O)O)cc1. The Hall–Kier alpha value is -1.66. The average molecular weight is 477 g/mol. The minimum Gasteiger partial charge on any atom is -0.310 e. The minimum absolute atomic E-state index is 0.0666. The molecule has 0 bridgehead atoms. The maximum Gasteiger partial charge on any atom is 0.294 e. The molecule has 186 valence electrons. The molecule has 0 fully saturated rings. The molecule has 5 nitrogen and oxygen atoms in total. The van der Waals surface area contributed by atoms with Crippen LogP contribution in [0.5, 0.6) is 0 Å². The molecular formula is C27H44N2O3S. The Bertz CT molecular complexity index is 795. The van der Waals surface area contributed by atoms with Gasteiger partial charge in [0, 0.05) is 6.54 Å². The number of allylic oxidation sites excluding steroid dienone is 2. The highest BCUT2D eigenvalue weighted by molar-refractivity contribution is 7.85. The minimum atomic E-state index is -4.02. The van der Waals surface area contributed by atoms with Gasteiger partial charge in [-0.15, -0.1) is 0 Å². The lowest BCUT2D eigenvalue weighted by molar-refractivity contribution is 0.483. The maximum atomic E-state index is 10.5. The Kier molecular flexibility index (Phi) is 13.4. The van der Waals surface area contributed by atoms with Gasteiger partial charge < -0.3 is 5.43 Å². The number of hydrazone groups is 1. The first-order valence-electron chi connectivity index (χ1n) is 13.0. The maximum absolute atomic E-state index is 10.5. The molecule has 0 aromatic heterocycles. The third kappa shape index (κ3) is 12.4. The molecule has 1 heterocycles. The van der Waals surface area contributed by atoms with Crippen LogP contribution in [0.15, 0.2) is 45.9 Å². The molecule has 2 aliphatic rings. The number of aryl methyl sites for hydroxylation is 1. The van der Waals surface area contributed by atoms with Crippen LogP contribution in [0.2, 0.25) is 0 Å². The third-order valence-corrected chi connectivity index (χ3v) is 7.26. The number of hydrogen-bond donors (Lipinski definition) is 2. The summed E-state index contributed by atoms with van der Waals surface area (Å²) in [5, 5.41) is 4.80. The molecule has 1 aliphatic carbocycles. The molecular weight excluding hydrogens is 432 g/mol. The van der Waals surface area contributed by atoms with E-state index in [4.69, 9.17) is 9.65 Å². The van der Waals surface area contributed by atoms with E-state index in [-0.39, 0.29) is 4.90 Å². The highest BCUT2D eigenvalue weighted by atomic mass is 32.2. The summed E-state index contributed by atoms with van der Waals surface area (Å²) < 4.78 is 29.6. The van der Waals surface area contributed by atoms with E-state index in [1.165, 1.54) is 121 Å². The normalized spacial score (nSPS) is 23.0. The number of nitrogens with zero attached hydrogens (tertiary/aromatic N) is 1. The lowest BCUT2D eigenvalue weighted by Crippen LogP contribution is -2.14. The van der Waals surface area contributed by atoms with Crippen molar-refractivity contribution in [3.8, 4) is 0 Å². The summed E-state index contributed by atoms with van der Waals surface area (Å²) in [5.41, 5.74) is 7.25. The number of rotatable bonds is 2. The molecule has 0 amide bonds. The zero-order chi connectivity index (χ0) is 23.8. The van der Waals surface area contributed by atoms with Gasteiger partial charge in [0.25, 0.3) is 10.1 Å². The Labute approximate surface area is 201 Å². The van der Waals surface area contributed by atoms with Gasteiger partial charge in [-0.05, 0) is 69.6 Å². The van der Waals surface area contributed by atoms with Crippen LogP contribution in [0.1, 0.15) is 108 Å². The first-order chi connectivity index (χ1) is 16.0. The first-order valence-corrected chi connectivity index (χ1v) is 14.4. The van der Waals surface area contributed by atoms with E-state index in [9.17, 15) is 8.42 Å². The molecule has 1 aromatic carbocycles. The van der Waals surface area contributed by atoms with Gasteiger partial charge in [-0.2, -0.15) is 13.5 Å². The molecule has 0 unspecified atom stereocenters. The van der Waals surface area contributed by atoms with E-state index in [1.54, 1.807) is 17.7 Å². The summed E-state index contributed by atoms with van der Waals surface area (Å²) >= 11 is 0. The average Bonchev–Trinajstić information content (AvgIpc) is 2.89. The van der Waals surface area contributed by atoms with Gasteiger partial charge in [0.2, 0.25) is 0 Å². The van der Waals surface area contributed by atoms with Crippen LogP contribution in [0.3, 0.4) is 0 Å². The Morgan fingerprint density at radius 3 is 1.94 bits per heavy atom. The molecule has 1 aromatic rings. The van der Waals surface area contributed by atoms with E-state index in [1.807, 2.05) is 6.92 Å². The van der Waals surface area contributed by atoms with Crippen molar-refractivity contribution < 1.29 is 13.0 Å². The fraction of sp³-hybridized carbons (Fsp3) is 0.667. The number of benzene rings is 1. The van der Waals surface area contributed by atoms with E-state index >= 15 is 0 Å². The topological polar surface area (TPSA) is 78.8 Å². The molecule has 3 rings (SSSR count). The molecule has 0 spiro atoms. The second-order valence-corrected chi connectivity index (χ2v) is 10.8. The highest BCUT2D eigenvalue weighted by Crippen LogP contribution is 2.20. The molecule has 0 radical (unpaired) electrons. The summed E-state index contributed by atoms with van der Waals surface area (Å²) in [6.45, 7) is 2.89. The zero-order valence-corrected chi connectivity index (χ0v) is 21.3. The smallest absolute Gasteiger partial charge is 0.294 e. The van der Waals surface area contributed by atoms with E-state index in [0.717, 1.165) is 12.1 Å². The van der Waals surface area contributed by atoms with Crippen LogP contribution in [0.4, 0.5) is 0 Å². The molecule has 0 saturated heterocycles. The fourth-order valence-corrected chi connectivity index (χ4v) is 4.82. The summed E-state index contributed by atoms with van der Waals surface area (Å²) in [6, 6.07) is 5.99. The second-order valence-electron chi connectivity index (χ2n) is 9.37. The monoisotopic (exact) mass is 476 g/mol. The highest BCUT2D eigenvalue weighted by Gasteiger charge is 2.10. The van der Waals surface area contributed by atoms with Crippen LogP contribution in [-0.2, 0) is 10.1 Å². The van der Waals surface area contributed by atoms with Crippen LogP contribution in [0.25, 0.3) is 0 Å². The molecule has 33 heavy (non-hydrogen) atoms. The zero-order valence-electron chi connectivity index (χ0n) is 20.5. The summed E-state index contributed by atoms with van der Waals surface area (Å²) in [4.78, 5) is -0.0666. The van der Waals surface area contributed by atoms with Crippen molar-refractivity contribution in [1.29, 1.82) is 0 Å². The quantitative estimate of drug-likeness (QED) is 0.437. The van der Waals surface area contributed by atoms with E-state index in [0.29, 0.717) is 0 Å². The fourth-order valence-electron chi connectivity index (χ4n) is 4.34. The molecule has 0 atom stereocenters. The van der Waals surface area contributed by atoms with Crippen molar-refractivity contribution in [2.45, 2.75) is 115 Å². The van der Waals surface area contributed by atoms with Gasteiger partial charge >= 0.3 is 0 Å².